The summed E-state index contributed by atoms with van der Waals surface area (Å²) < 4.78 is 4.94. The minimum atomic E-state index is 0. The minimum Gasteiger partial charge on any atom is -0.379 e. The van der Waals surface area contributed by atoms with Crippen LogP contribution in [0.2, 0.25) is 0 Å². The third kappa shape index (κ3) is 10.7. The van der Waals surface area contributed by atoms with Crippen molar-refractivity contribution in [3.8, 4) is 0 Å². The van der Waals surface area contributed by atoms with E-state index < -0.39 is 0 Å². The predicted molar refractivity (Wildman–Crippen MR) is 37.9 cm³/mol. The lowest BCUT2D eigenvalue weighted by molar-refractivity contribution is 0.0397. The quantitative estimate of drug-likeness (QED) is 0.442. The lowest BCUT2D eigenvalue weighted by atomic mass is 10.2. The van der Waals surface area contributed by atoms with E-state index in [1.165, 1.54) is 0 Å². The summed E-state index contributed by atoms with van der Waals surface area (Å²) in [5.74, 6) is 0. The number of hydrogen-bond acceptors (Lipinski definition) is 1. The zero-order valence-corrected chi connectivity index (χ0v) is 7.03. The Morgan fingerprint density at radius 3 is 1.29 bits per heavy atom. The molecule has 0 bridgehead atoms. The van der Waals surface area contributed by atoms with Gasteiger partial charge >= 0.3 is 0 Å². The second-order valence-electron chi connectivity index (χ2n) is 2.32. The molecule has 0 rings (SSSR count). The summed E-state index contributed by atoms with van der Waals surface area (Å²) in [6, 6.07) is 0. The molecule has 0 aliphatic carbocycles. The Morgan fingerprint density at radius 2 is 1.29 bits per heavy atom. The summed E-state index contributed by atoms with van der Waals surface area (Å²) in [6.07, 6.45) is 0. The normalized spacial score (nSPS) is 10.3. The second-order valence-corrected chi connectivity index (χ2v) is 2.32. The van der Waals surface area contributed by atoms with E-state index in [9.17, 15) is 0 Å². The largest absolute Gasteiger partial charge is 0.379 e. The Balaban J connectivity index is 0. The highest BCUT2D eigenvalue weighted by Crippen LogP contribution is 2.02. The molecule has 1 atom stereocenters. The van der Waals surface area contributed by atoms with Crippen molar-refractivity contribution in [3.05, 3.63) is 0 Å². The van der Waals surface area contributed by atoms with Gasteiger partial charge in [-0.25, -0.2) is 0 Å². The maximum Gasteiger partial charge on any atom is 0.0594 e. The molecule has 0 amide bonds. The molecule has 0 spiro atoms. The summed E-state index contributed by atoms with van der Waals surface area (Å²) in [5, 5.41) is 0. The van der Waals surface area contributed by atoms with Gasteiger partial charge in [-0.2, -0.15) is 9.90 Å². The van der Waals surface area contributed by atoms with Crippen LogP contribution in [0.5, 0.6) is 0 Å². The fourth-order valence-electron chi connectivity index (χ4n) is 0. The molecule has 1 unspecified atom stereocenters. The molecule has 46 valence electrons. The fourth-order valence-corrected chi connectivity index (χ4v) is 0. The lowest BCUT2D eigenvalue weighted by Crippen LogP contribution is -2.15. The molecule has 0 aliphatic heterocycles. The van der Waals surface area contributed by atoms with Crippen LogP contribution < -0.4 is 0 Å². The van der Waals surface area contributed by atoms with Gasteiger partial charge in [0.15, 0.2) is 0 Å². The highest BCUT2D eigenvalue weighted by atomic mass is 31.0. The molecule has 0 aromatic heterocycles. The van der Waals surface area contributed by atoms with Gasteiger partial charge in [0.05, 0.1) is 5.60 Å². The third-order valence-corrected chi connectivity index (χ3v) is 0.612. The molecule has 0 fully saturated rings. The zero-order valence-electron chi connectivity index (χ0n) is 5.62. The van der Waals surface area contributed by atoms with Gasteiger partial charge in [-0.15, -0.1) is 0 Å². The second kappa shape index (κ2) is 3.40. The van der Waals surface area contributed by atoms with E-state index in [0.29, 0.717) is 0 Å². The Morgan fingerprint density at radius 1 is 1.14 bits per heavy atom. The molecule has 7 heavy (non-hydrogen) atoms. The third-order valence-electron chi connectivity index (χ3n) is 0.612. The monoisotopic (exact) mass is 122 g/mol. The first-order valence-corrected chi connectivity index (χ1v) is 2.11. The van der Waals surface area contributed by atoms with Gasteiger partial charge in [0.25, 0.3) is 0 Å². The smallest absolute Gasteiger partial charge is 0.0594 e. The minimum absolute atomic E-state index is 0. The summed E-state index contributed by atoms with van der Waals surface area (Å²) in [6.45, 7) is 6.06. The molecule has 0 aromatic rings. The van der Waals surface area contributed by atoms with Gasteiger partial charge < -0.3 is 4.74 Å². The van der Waals surface area contributed by atoms with Crippen LogP contribution >= 0.6 is 9.90 Å². The average Bonchev–Trinajstić information content (AvgIpc) is 1.35. The standard InChI is InChI=1S/C5H12O.H3P/c1-5(2,3)6-4;/h1-4H3;1H3. The van der Waals surface area contributed by atoms with Gasteiger partial charge in [-0.1, -0.05) is 0 Å². The van der Waals surface area contributed by atoms with Crippen LogP contribution in [-0.4, -0.2) is 12.7 Å². The molecule has 0 aliphatic rings. The van der Waals surface area contributed by atoms with Crippen LogP contribution in [0.3, 0.4) is 0 Å². The zero-order chi connectivity index (χ0) is 5.21. The van der Waals surface area contributed by atoms with Gasteiger partial charge in [0.1, 0.15) is 0 Å². The predicted octanol–water partition coefficient (Wildman–Crippen LogP) is 1.49. The number of methoxy groups -OCH3 is 1. The van der Waals surface area contributed by atoms with E-state index in [0.717, 1.165) is 0 Å². The van der Waals surface area contributed by atoms with Gasteiger partial charge in [0.2, 0.25) is 0 Å². The summed E-state index contributed by atoms with van der Waals surface area (Å²) in [4.78, 5) is 0. The number of hydrogen-bond donors (Lipinski definition) is 0. The fraction of sp³-hybridized carbons (Fsp3) is 1.00. The van der Waals surface area contributed by atoms with Crippen molar-refractivity contribution < 1.29 is 4.74 Å². The molecule has 0 aromatic carbocycles. The average molecular weight is 122 g/mol. The molecule has 0 N–H and O–H groups in total. The molecule has 0 radical (unpaired) electrons. The maximum atomic E-state index is 4.94. The van der Waals surface area contributed by atoms with Crippen LogP contribution in [-0.2, 0) is 4.74 Å². The van der Waals surface area contributed by atoms with E-state index in [1.54, 1.807) is 7.11 Å². The topological polar surface area (TPSA) is 9.23 Å². The number of ether oxygens (including phenoxy) is 1. The van der Waals surface area contributed by atoms with E-state index in [2.05, 4.69) is 0 Å². The molecular weight excluding hydrogens is 107 g/mol. The Bertz CT molecular complexity index is 37.8. The first-order chi connectivity index (χ1) is 2.56. The first-order valence-electron chi connectivity index (χ1n) is 2.11. The highest BCUT2D eigenvalue weighted by molar-refractivity contribution is 6.92. The molecular formula is C5H15OP. The molecule has 0 saturated heterocycles. The van der Waals surface area contributed by atoms with Crippen molar-refractivity contribution in [2.75, 3.05) is 7.11 Å². The molecule has 2 heteroatoms. The Hall–Kier alpha value is 0.390. The van der Waals surface area contributed by atoms with Gasteiger partial charge in [-0.3, -0.25) is 0 Å². The van der Waals surface area contributed by atoms with Crippen molar-refractivity contribution in [2.24, 2.45) is 0 Å². The first kappa shape index (κ1) is 10.4. The maximum absolute atomic E-state index is 4.94. The lowest BCUT2D eigenvalue weighted by Gasteiger charge is -2.14. The van der Waals surface area contributed by atoms with E-state index in [-0.39, 0.29) is 15.5 Å². The number of rotatable bonds is 0. The van der Waals surface area contributed by atoms with E-state index in [1.807, 2.05) is 20.8 Å². The van der Waals surface area contributed by atoms with Crippen molar-refractivity contribution in [3.63, 3.8) is 0 Å². The SMILES string of the molecule is COC(C)(C)C.P. The summed E-state index contributed by atoms with van der Waals surface area (Å²) >= 11 is 0. The molecule has 0 heterocycles. The van der Waals surface area contributed by atoms with Crippen molar-refractivity contribution in [2.45, 2.75) is 26.4 Å². The van der Waals surface area contributed by atoms with Gasteiger partial charge in [-0.05, 0) is 20.8 Å². The van der Waals surface area contributed by atoms with Gasteiger partial charge in [0, 0.05) is 7.11 Å². The van der Waals surface area contributed by atoms with Crippen LogP contribution in [0.4, 0.5) is 0 Å². The Kier molecular flexibility index (Phi) is 5.04. The summed E-state index contributed by atoms with van der Waals surface area (Å²) in [5.41, 5.74) is 0.0417. The molecule has 1 nitrogen and oxygen atoms in total. The van der Waals surface area contributed by atoms with E-state index in [4.69, 9.17) is 4.74 Å². The Labute approximate surface area is 49.1 Å². The highest BCUT2D eigenvalue weighted by Gasteiger charge is 2.03. The van der Waals surface area contributed by atoms with Crippen LogP contribution in [0.25, 0.3) is 0 Å². The molecule has 0 saturated carbocycles. The van der Waals surface area contributed by atoms with Crippen molar-refractivity contribution in [1.29, 1.82) is 0 Å². The van der Waals surface area contributed by atoms with Crippen molar-refractivity contribution in [1.82, 2.24) is 0 Å². The van der Waals surface area contributed by atoms with Crippen molar-refractivity contribution >= 4 is 9.90 Å². The van der Waals surface area contributed by atoms with Crippen LogP contribution in [0.15, 0.2) is 0 Å². The van der Waals surface area contributed by atoms with E-state index >= 15 is 0 Å². The van der Waals surface area contributed by atoms with Crippen LogP contribution in [0.1, 0.15) is 20.8 Å². The van der Waals surface area contributed by atoms with Crippen LogP contribution in [0, 0.1) is 0 Å². The summed E-state index contributed by atoms with van der Waals surface area (Å²) in [7, 11) is 1.71.